The maximum absolute atomic E-state index is 14.6. The summed E-state index contributed by atoms with van der Waals surface area (Å²) in [4.78, 5) is 11.4. The zero-order valence-electron chi connectivity index (χ0n) is 14.0. The number of benzene rings is 2. The summed E-state index contributed by atoms with van der Waals surface area (Å²) in [5.41, 5.74) is 2.31. The Morgan fingerprint density at radius 3 is 2.32 bits per heavy atom. The number of aliphatic carboxylic acids is 1. The summed E-state index contributed by atoms with van der Waals surface area (Å²) in [5, 5.41) is 9.36. The molecular formula is C21H21FO3. The van der Waals surface area contributed by atoms with Crippen LogP contribution in [-0.4, -0.2) is 24.3 Å². The normalized spacial score (nSPS) is 19.6. The zero-order valence-corrected chi connectivity index (χ0v) is 14.0. The topological polar surface area (TPSA) is 46.5 Å². The predicted molar refractivity (Wildman–Crippen MR) is 93.2 cm³/mol. The molecule has 3 nitrogen and oxygen atoms in total. The molecule has 1 aliphatic carbocycles. The van der Waals surface area contributed by atoms with E-state index >= 15 is 0 Å². The Morgan fingerprint density at radius 2 is 1.76 bits per heavy atom. The number of hydrogen-bond acceptors (Lipinski definition) is 2. The number of carboxylic acid groups (broad SMARTS) is 1. The Hall–Kier alpha value is -2.20. The monoisotopic (exact) mass is 340 g/mol. The van der Waals surface area contributed by atoms with E-state index in [9.17, 15) is 14.3 Å². The van der Waals surface area contributed by atoms with Gasteiger partial charge in [-0.15, -0.1) is 0 Å². The Kier molecular flexibility index (Phi) is 4.08. The largest absolute Gasteiger partial charge is 0.481 e. The molecule has 2 aromatic rings. The fourth-order valence-electron chi connectivity index (χ4n) is 3.76. The van der Waals surface area contributed by atoms with Gasteiger partial charge in [0.05, 0.1) is 5.41 Å². The molecule has 1 saturated carbocycles. The minimum atomic E-state index is -0.869. The van der Waals surface area contributed by atoms with Gasteiger partial charge in [-0.25, -0.2) is 4.39 Å². The van der Waals surface area contributed by atoms with Gasteiger partial charge in [0.15, 0.2) is 0 Å². The van der Waals surface area contributed by atoms with Crippen molar-refractivity contribution < 1.29 is 19.0 Å². The van der Waals surface area contributed by atoms with Gasteiger partial charge in [0.1, 0.15) is 5.82 Å². The number of carboxylic acids is 1. The quantitative estimate of drug-likeness (QED) is 0.891. The summed E-state index contributed by atoms with van der Waals surface area (Å²) >= 11 is 0. The smallest absolute Gasteiger partial charge is 0.314 e. The van der Waals surface area contributed by atoms with Gasteiger partial charge >= 0.3 is 5.97 Å². The van der Waals surface area contributed by atoms with Crippen LogP contribution in [0.5, 0.6) is 0 Å². The minimum Gasteiger partial charge on any atom is -0.481 e. The molecule has 1 saturated heterocycles. The van der Waals surface area contributed by atoms with Gasteiger partial charge in [0.2, 0.25) is 0 Å². The van der Waals surface area contributed by atoms with E-state index in [-0.39, 0.29) is 5.82 Å². The van der Waals surface area contributed by atoms with Crippen LogP contribution in [0.2, 0.25) is 0 Å². The fraction of sp³-hybridized carbons (Fsp3) is 0.381. The van der Waals surface area contributed by atoms with E-state index in [1.165, 1.54) is 11.6 Å². The first kappa shape index (κ1) is 16.3. The van der Waals surface area contributed by atoms with Crippen LogP contribution >= 0.6 is 0 Å². The van der Waals surface area contributed by atoms with Crippen molar-refractivity contribution in [3.8, 4) is 11.1 Å². The molecular weight excluding hydrogens is 319 g/mol. The summed E-state index contributed by atoms with van der Waals surface area (Å²) in [5.74, 6) is -0.704. The molecule has 1 aliphatic heterocycles. The number of ether oxygens (including phenoxy) is 1. The second-order valence-corrected chi connectivity index (χ2v) is 7.09. The Balaban J connectivity index is 1.58. The SMILES string of the molecule is O=C(O)C1(c2ccc(-c3ccc(C4CCOCC4)cc3)c(F)c2)CC1. The number of halogens is 1. The van der Waals surface area contributed by atoms with Gasteiger partial charge < -0.3 is 9.84 Å². The Morgan fingerprint density at radius 1 is 1.08 bits per heavy atom. The molecule has 0 spiro atoms. The van der Waals surface area contributed by atoms with Crippen molar-refractivity contribution in [2.75, 3.05) is 13.2 Å². The van der Waals surface area contributed by atoms with Crippen molar-refractivity contribution >= 4 is 5.97 Å². The minimum absolute atomic E-state index is 0.358. The predicted octanol–water partition coefficient (Wildman–Crippen LogP) is 4.50. The third-order valence-electron chi connectivity index (χ3n) is 5.60. The molecule has 1 N–H and O–H groups in total. The van der Waals surface area contributed by atoms with Crippen molar-refractivity contribution in [1.82, 2.24) is 0 Å². The molecule has 0 unspecified atom stereocenters. The maximum Gasteiger partial charge on any atom is 0.314 e. The molecule has 0 amide bonds. The molecule has 1 heterocycles. The Labute approximate surface area is 146 Å². The molecule has 130 valence electrons. The lowest BCUT2D eigenvalue weighted by Crippen LogP contribution is -2.19. The van der Waals surface area contributed by atoms with Gasteiger partial charge in [-0.2, -0.15) is 0 Å². The van der Waals surface area contributed by atoms with E-state index in [2.05, 4.69) is 12.1 Å². The summed E-state index contributed by atoms with van der Waals surface area (Å²) in [6, 6.07) is 12.9. The molecule has 2 aromatic carbocycles. The number of carbonyl (C=O) groups is 1. The van der Waals surface area contributed by atoms with Crippen molar-refractivity contribution in [1.29, 1.82) is 0 Å². The molecule has 0 atom stereocenters. The third kappa shape index (κ3) is 2.95. The molecule has 0 aromatic heterocycles. The average Bonchev–Trinajstić information content (AvgIpc) is 3.45. The van der Waals surface area contributed by atoms with Crippen LogP contribution in [0, 0.1) is 5.82 Å². The van der Waals surface area contributed by atoms with Crippen LogP contribution in [0.25, 0.3) is 11.1 Å². The van der Waals surface area contributed by atoms with E-state index in [0.29, 0.717) is 29.9 Å². The van der Waals surface area contributed by atoms with Crippen molar-refractivity contribution in [2.24, 2.45) is 0 Å². The number of hydrogen-bond donors (Lipinski definition) is 1. The second kappa shape index (κ2) is 6.26. The van der Waals surface area contributed by atoms with E-state index < -0.39 is 11.4 Å². The summed E-state index contributed by atoms with van der Waals surface area (Å²) in [7, 11) is 0. The zero-order chi connectivity index (χ0) is 17.4. The van der Waals surface area contributed by atoms with Gasteiger partial charge in [-0.1, -0.05) is 36.4 Å². The first-order valence-electron chi connectivity index (χ1n) is 8.82. The van der Waals surface area contributed by atoms with Crippen molar-refractivity contribution in [3.63, 3.8) is 0 Å². The lowest BCUT2D eigenvalue weighted by atomic mass is 9.89. The van der Waals surface area contributed by atoms with E-state index in [1.807, 2.05) is 12.1 Å². The first-order chi connectivity index (χ1) is 12.1. The highest BCUT2D eigenvalue weighted by molar-refractivity contribution is 5.85. The molecule has 4 heteroatoms. The van der Waals surface area contributed by atoms with Crippen LogP contribution in [0.4, 0.5) is 4.39 Å². The molecule has 25 heavy (non-hydrogen) atoms. The van der Waals surface area contributed by atoms with E-state index in [1.54, 1.807) is 12.1 Å². The van der Waals surface area contributed by atoms with E-state index in [0.717, 1.165) is 31.6 Å². The summed E-state index contributed by atoms with van der Waals surface area (Å²) < 4.78 is 20.0. The van der Waals surface area contributed by atoms with Crippen LogP contribution in [0.3, 0.4) is 0 Å². The van der Waals surface area contributed by atoms with Crippen LogP contribution in [0.1, 0.15) is 42.7 Å². The molecule has 2 fully saturated rings. The van der Waals surface area contributed by atoms with Gasteiger partial charge in [0.25, 0.3) is 0 Å². The summed E-state index contributed by atoms with van der Waals surface area (Å²) in [6.07, 6.45) is 3.22. The molecule has 2 aliphatic rings. The lowest BCUT2D eigenvalue weighted by molar-refractivity contribution is -0.140. The van der Waals surface area contributed by atoms with Gasteiger partial charge in [0, 0.05) is 18.8 Å². The molecule has 0 radical (unpaired) electrons. The Bertz CT molecular complexity index is 787. The highest BCUT2D eigenvalue weighted by Crippen LogP contribution is 2.49. The van der Waals surface area contributed by atoms with Crippen molar-refractivity contribution in [3.05, 3.63) is 59.4 Å². The van der Waals surface area contributed by atoms with Gasteiger partial charge in [-0.05, 0) is 54.4 Å². The maximum atomic E-state index is 14.6. The van der Waals surface area contributed by atoms with Crippen LogP contribution < -0.4 is 0 Å². The third-order valence-corrected chi connectivity index (χ3v) is 5.60. The highest BCUT2D eigenvalue weighted by atomic mass is 19.1. The van der Waals surface area contributed by atoms with Crippen LogP contribution in [-0.2, 0) is 14.9 Å². The van der Waals surface area contributed by atoms with Gasteiger partial charge in [-0.3, -0.25) is 4.79 Å². The standard InChI is InChI=1S/C21H21FO3/c22-19-13-17(21(9-10-21)20(23)24)5-6-18(19)16-3-1-14(2-4-16)15-7-11-25-12-8-15/h1-6,13,15H,7-12H2,(H,23,24). The lowest BCUT2D eigenvalue weighted by Gasteiger charge is -2.22. The second-order valence-electron chi connectivity index (χ2n) is 7.09. The van der Waals surface area contributed by atoms with E-state index in [4.69, 9.17) is 4.74 Å². The molecule has 4 rings (SSSR count). The first-order valence-corrected chi connectivity index (χ1v) is 8.82. The average molecular weight is 340 g/mol. The van der Waals surface area contributed by atoms with Crippen molar-refractivity contribution in [2.45, 2.75) is 37.0 Å². The molecule has 0 bridgehead atoms. The summed E-state index contributed by atoms with van der Waals surface area (Å²) in [6.45, 7) is 1.60. The highest BCUT2D eigenvalue weighted by Gasteiger charge is 2.51. The number of rotatable bonds is 4. The van der Waals surface area contributed by atoms with Crippen LogP contribution in [0.15, 0.2) is 42.5 Å². The fourth-order valence-corrected chi connectivity index (χ4v) is 3.76.